The number of carbonyl (C=O) groups is 2. The van der Waals surface area contributed by atoms with Gasteiger partial charge in [0.15, 0.2) is 0 Å². The SMILES string of the molecule is CCc1ccc(CN2C(=O)C(=O)c3cc(F)cc(Br)c32)s1. The molecule has 2 aromatic rings. The molecule has 3 nitrogen and oxygen atoms in total. The molecule has 0 spiro atoms. The molecule has 0 bridgehead atoms. The summed E-state index contributed by atoms with van der Waals surface area (Å²) in [5.74, 6) is -1.80. The van der Waals surface area contributed by atoms with E-state index in [1.165, 1.54) is 15.8 Å². The second-order valence-electron chi connectivity index (χ2n) is 4.73. The number of rotatable bonds is 3. The van der Waals surface area contributed by atoms with Crippen molar-refractivity contribution in [2.45, 2.75) is 19.9 Å². The molecule has 1 aliphatic heterocycles. The van der Waals surface area contributed by atoms with Crippen LogP contribution in [0.4, 0.5) is 10.1 Å². The van der Waals surface area contributed by atoms with Crippen LogP contribution in [-0.2, 0) is 17.8 Å². The highest BCUT2D eigenvalue weighted by Gasteiger charge is 2.38. The Morgan fingerprint density at radius 2 is 1.95 bits per heavy atom. The van der Waals surface area contributed by atoms with E-state index in [-0.39, 0.29) is 5.56 Å². The molecule has 6 heteroatoms. The van der Waals surface area contributed by atoms with Gasteiger partial charge in [0.25, 0.3) is 11.7 Å². The van der Waals surface area contributed by atoms with Crippen LogP contribution in [-0.4, -0.2) is 11.7 Å². The first-order valence-corrected chi connectivity index (χ1v) is 8.05. The van der Waals surface area contributed by atoms with E-state index < -0.39 is 17.5 Å². The highest BCUT2D eigenvalue weighted by Crippen LogP contribution is 2.38. The van der Waals surface area contributed by atoms with Crippen molar-refractivity contribution in [2.24, 2.45) is 0 Å². The van der Waals surface area contributed by atoms with E-state index in [9.17, 15) is 14.0 Å². The van der Waals surface area contributed by atoms with E-state index in [2.05, 4.69) is 22.9 Å². The molecule has 1 aromatic heterocycles. The minimum absolute atomic E-state index is 0.124. The van der Waals surface area contributed by atoms with Gasteiger partial charge in [0.05, 0.1) is 17.8 Å². The van der Waals surface area contributed by atoms with Crippen LogP contribution in [0.5, 0.6) is 0 Å². The van der Waals surface area contributed by atoms with Gasteiger partial charge in [-0.05, 0) is 46.6 Å². The van der Waals surface area contributed by atoms with Crippen molar-refractivity contribution in [2.75, 3.05) is 4.90 Å². The number of benzene rings is 1. The summed E-state index contributed by atoms with van der Waals surface area (Å²) in [5, 5.41) is 0. The number of carbonyl (C=O) groups excluding carboxylic acids is 2. The first-order chi connectivity index (χ1) is 10.0. The van der Waals surface area contributed by atoms with E-state index in [0.717, 1.165) is 17.4 Å². The van der Waals surface area contributed by atoms with E-state index in [1.54, 1.807) is 11.3 Å². The molecule has 0 aliphatic carbocycles. The first kappa shape index (κ1) is 14.4. The quantitative estimate of drug-likeness (QED) is 0.770. The van der Waals surface area contributed by atoms with Gasteiger partial charge in [-0.2, -0.15) is 0 Å². The summed E-state index contributed by atoms with van der Waals surface area (Å²) in [6.45, 7) is 2.39. The van der Waals surface area contributed by atoms with Gasteiger partial charge >= 0.3 is 0 Å². The van der Waals surface area contributed by atoms with E-state index in [4.69, 9.17) is 0 Å². The Bertz CT molecular complexity index is 756. The molecule has 1 aromatic carbocycles. The average Bonchev–Trinajstić information content (AvgIpc) is 2.98. The normalized spacial score (nSPS) is 14.0. The smallest absolute Gasteiger partial charge is 0.298 e. The number of Topliss-reactive ketones (excluding diaryl/α,β-unsaturated/α-hetero) is 1. The minimum atomic E-state index is -0.655. The molecule has 0 saturated carbocycles. The van der Waals surface area contributed by atoms with Crippen LogP contribution in [0.25, 0.3) is 0 Å². The Morgan fingerprint density at radius 3 is 2.62 bits per heavy atom. The molecule has 0 unspecified atom stereocenters. The number of anilines is 1. The van der Waals surface area contributed by atoms with Gasteiger partial charge in [-0.3, -0.25) is 14.5 Å². The molecule has 0 saturated heterocycles. The van der Waals surface area contributed by atoms with Crippen molar-refractivity contribution >= 4 is 44.6 Å². The summed E-state index contributed by atoms with van der Waals surface area (Å²) in [6.07, 6.45) is 0.934. The topological polar surface area (TPSA) is 37.4 Å². The number of ketones is 1. The molecular formula is C15H11BrFNO2S. The number of amides is 1. The van der Waals surface area contributed by atoms with E-state index in [0.29, 0.717) is 16.7 Å². The zero-order valence-corrected chi connectivity index (χ0v) is 13.6. The van der Waals surface area contributed by atoms with Crippen molar-refractivity contribution in [3.8, 4) is 0 Å². The Morgan fingerprint density at radius 1 is 1.24 bits per heavy atom. The Hall–Kier alpha value is -1.53. The predicted octanol–water partition coefficient (Wildman–Crippen LogP) is 3.94. The summed E-state index contributed by atoms with van der Waals surface area (Å²) in [7, 11) is 0. The summed E-state index contributed by atoms with van der Waals surface area (Å²) < 4.78 is 13.8. The maximum atomic E-state index is 13.4. The molecule has 108 valence electrons. The lowest BCUT2D eigenvalue weighted by Gasteiger charge is -2.16. The second-order valence-corrected chi connectivity index (χ2v) is 6.83. The largest absolute Gasteiger partial charge is 0.299 e. The van der Waals surface area contributed by atoms with Crippen molar-refractivity contribution in [3.05, 3.63) is 49.9 Å². The zero-order valence-electron chi connectivity index (χ0n) is 11.2. The molecule has 3 rings (SSSR count). The number of hydrogen-bond acceptors (Lipinski definition) is 3. The van der Waals surface area contributed by atoms with Gasteiger partial charge in [-0.15, -0.1) is 11.3 Å². The summed E-state index contributed by atoms with van der Waals surface area (Å²) in [6, 6.07) is 6.36. The van der Waals surface area contributed by atoms with Crippen molar-refractivity contribution in [1.29, 1.82) is 0 Å². The second kappa shape index (κ2) is 5.35. The number of nitrogens with zero attached hydrogens (tertiary/aromatic N) is 1. The number of fused-ring (bicyclic) bond motifs is 1. The average molecular weight is 368 g/mol. The fraction of sp³-hybridized carbons (Fsp3) is 0.200. The number of halogens is 2. The highest BCUT2D eigenvalue weighted by atomic mass is 79.9. The lowest BCUT2D eigenvalue weighted by molar-refractivity contribution is -0.114. The van der Waals surface area contributed by atoms with Crippen LogP contribution in [0.15, 0.2) is 28.7 Å². The molecule has 1 aliphatic rings. The van der Waals surface area contributed by atoms with Crippen LogP contribution in [0.1, 0.15) is 27.0 Å². The fourth-order valence-electron chi connectivity index (χ4n) is 2.36. The highest BCUT2D eigenvalue weighted by molar-refractivity contribution is 9.10. The minimum Gasteiger partial charge on any atom is -0.298 e. The van der Waals surface area contributed by atoms with Gasteiger partial charge in [0.2, 0.25) is 0 Å². The third-order valence-corrected chi connectivity index (χ3v) is 5.18. The monoisotopic (exact) mass is 367 g/mol. The van der Waals surface area contributed by atoms with E-state index in [1.807, 2.05) is 12.1 Å². The zero-order chi connectivity index (χ0) is 15.1. The number of aryl methyl sites for hydroxylation is 1. The lowest BCUT2D eigenvalue weighted by atomic mass is 10.1. The van der Waals surface area contributed by atoms with Gasteiger partial charge in [0, 0.05) is 14.2 Å². The summed E-state index contributed by atoms with van der Waals surface area (Å²) in [4.78, 5) is 27.8. The lowest BCUT2D eigenvalue weighted by Crippen LogP contribution is -2.28. The Labute approximate surface area is 133 Å². The third-order valence-electron chi connectivity index (χ3n) is 3.36. The molecule has 1 amide bonds. The van der Waals surface area contributed by atoms with E-state index >= 15 is 0 Å². The number of hydrogen-bond donors (Lipinski definition) is 0. The van der Waals surface area contributed by atoms with Crippen molar-refractivity contribution in [3.63, 3.8) is 0 Å². The van der Waals surface area contributed by atoms with Gasteiger partial charge < -0.3 is 0 Å². The van der Waals surface area contributed by atoms with Crippen molar-refractivity contribution in [1.82, 2.24) is 0 Å². The molecular weight excluding hydrogens is 357 g/mol. The van der Waals surface area contributed by atoms with Crippen LogP contribution in [0.2, 0.25) is 0 Å². The molecule has 2 heterocycles. The molecule has 0 fully saturated rings. The van der Waals surface area contributed by atoms with Crippen LogP contribution >= 0.6 is 27.3 Å². The van der Waals surface area contributed by atoms with Crippen LogP contribution in [0.3, 0.4) is 0 Å². The van der Waals surface area contributed by atoms with Gasteiger partial charge in [0.1, 0.15) is 5.82 Å². The maximum absolute atomic E-state index is 13.4. The predicted molar refractivity (Wildman–Crippen MR) is 83.3 cm³/mol. The van der Waals surface area contributed by atoms with Crippen LogP contribution in [0, 0.1) is 5.82 Å². The first-order valence-electron chi connectivity index (χ1n) is 6.44. The summed E-state index contributed by atoms with van der Waals surface area (Å²) in [5.41, 5.74) is 0.581. The Balaban J connectivity index is 2.01. The standard InChI is InChI=1S/C15H11BrFNO2S/c1-2-9-3-4-10(21-9)7-18-13-11(14(19)15(18)20)5-8(17)6-12(13)16/h3-6H,2,7H2,1H3. The van der Waals surface area contributed by atoms with Gasteiger partial charge in [-0.25, -0.2) is 4.39 Å². The molecule has 0 N–H and O–H groups in total. The third kappa shape index (κ3) is 2.42. The molecule has 0 radical (unpaired) electrons. The van der Waals surface area contributed by atoms with Crippen LogP contribution < -0.4 is 4.90 Å². The Kier molecular flexibility index (Phi) is 3.67. The molecule has 21 heavy (non-hydrogen) atoms. The summed E-state index contributed by atoms with van der Waals surface area (Å²) >= 11 is 4.86. The molecule has 0 atom stereocenters. The number of thiophene rings is 1. The fourth-order valence-corrected chi connectivity index (χ4v) is 3.95. The maximum Gasteiger partial charge on any atom is 0.299 e. The van der Waals surface area contributed by atoms with Gasteiger partial charge in [-0.1, -0.05) is 6.92 Å². The van der Waals surface area contributed by atoms with Crippen molar-refractivity contribution < 1.29 is 14.0 Å².